The zero-order valence-corrected chi connectivity index (χ0v) is 6.90. The molecule has 0 bridgehead atoms. The molecule has 0 rings (SSSR count). The lowest BCUT2D eigenvalue weighted by Crippen LogP contribution is -2.41. The van der Waals surface area contributed by atoms with E-state index >= 15 is 0 Å². The van der Waals surface area contributed by atoms with E-state index in [2.05, 4.69) is 0 Å². The molecule has 0 saturated carbocycles. The standard InChI is InChI=1S/C7H15N3O/c1-6(2)7(5-11)10(9)4-3-8/h3-7H,8-9H2,1-2H3/b4-3-. The number of hydrogen-bond donors (Lipinski definition) is 2. The molecule has 64 valence electrons. The van der Waals surface area contributed by atoms with Gasteiger partial charge < -0.3 is 15.5 Å². The van der Waals surface area contributed by atoms with Crippen LogP contribution in [0.2, 0.25) is 0 Å². The third-order valence-electron chi connectivity index (χ3n) is 1.42. The Morgan fingerprint density at radius 3 is 2.27 bits per heavy atom. The van der Waals surface area contributed by atoms with Crippen LogP contribution in [0.15, 0.2) is 12.4 Å². The highest BCUT2D eigenvalue weighted by Crippen LogP contribution is 2.04. The van der Waals surface area contributed by atoms with E-state index < -0.39 is 0 Å². The van der Waals surface area contributed by atoms with Crippen molar-refractivity contribution in [2.75, 3.05) is 0 Å². The summed E-state index contributed by atoms with van der Waals surface area (Å²) in [5.41, 5.74) is 5.10. The maximum Gasteiger partial charge on any atom is 0.144 e. The highest BCUT2D eigenvalue weighted by molar-refractivity contribution is 5.58. The molecule has 0 aliphatic carbocycles. The molecule has 0 aliphatic heterocycles. The molecular formula is C7H15N3O. The Kier molecular flexibility index (Phi) is 4.29. The first kappa shape index (κ1) is 9.97. The van der Waals surface area contributed by atoms with Crippen molar-refractivity contribution in [3.05, 3.63) is 12.4 Å². The summed E-state index contributed by atoms with van der Waals surface area (Å²) in [7, 11) is 0. The predicted molar refractivity (Wildman–Crippen MR) is 44.0 cm³/mol. The SMILES string of the molecule is CC(C)C(C=O)N(N)/C=C\N. The van der Waals surface area contributed by atoms with Crippen LogP contribution in [-0.4, -0.2) is 17.3 Å². The number of rotatable bonds is 4. The normalized spacial score (nSPS) is 13.8. The molecule has 1 unspecified atom stereocenters. The summed E-state index contributed by atoms with van der Waals surface area (Å²) in [6.07, 6.45) is 3.59. The van der Waals surface area contributed by atoms with Gasteiger partial charge in [0.1, 0.15) is 12.3 Å². The Morgan fingerprint density at radius 2 is 2.00 bits per heavy atom. The molecule has 0 aromatic heterocycles. The van der Waals surface area contributed by atoms with Gasteiger partial charge in [0, 0.05) is 12.4 Å². The van der Waals surface area contributed by atoms with Gasteiger partial charge in [-0.25, -0.2) is 5.84 Å². The fraction of sp³-hybridized carbons (Fsp3) is 0.571. The van der Waals surface area contributed by atoms with Crippen LogP contribution in [0, 0.1) is 5.92 Å². The number of hydrazine groups is 1. The van der Waals surface area contributed by atoms with Crippen LogP contribution in [0.3, 0.4) is 0 Å². The van der Waals surface area contributed by atoms with Crippen molar-refractivity contribution in [3.8, 4) is 0 Å². The van der Waals surface area contributed by atoms with Crippen molar-refractivity contribution in [1.82, 2.24) is 5.01 Å². The van der Waals surface area contributed by atoms with Gasteiger partial charge in [0.25, 0.3) is 0 Å². The van der Waals surface area contributed by atoms with Crippen LogP contribution in [0.25, 0.3) is 0 Å². The molecule has 1 atom stereocenters. The number of nitrogens with zero attached hydrogens (tertiary/aromatic N) is 1. The van der Waals surface area contributed by atoms with Crippen molar-refractivity contribution < 1.29 is 4.79 Å². The average molecular weight is 157 g/mol. The van der Waals surface area contributed by atoms with Crippen molar-refractivity contribution in [2.24, 2.45) is 17.5 Å². The number of carbonyl (C=O) groups is 1. The molecule has 4 nitrogen and oxygen atoms in total. The molecule has 0 saturated heterocycles. The number of nitrogens with two attached hydrogens (primary N) is 2. The van der Waals surface area contributed by atoms with Crippen LogP contribution in [0.4, 0.5) is 0 Å². The fourth-order valence-corrected chi connectivity index (χ4v) is 0.770. The second kappa shape index (κ2) is 4.73. The lowest BCUT2D eigenvalue weighted by Gasteiger charge is -2.23. The smallest absolute Gasteiger partial charge is 0.144 e. The van der Waals surface area contributed by atoms with Gasteiger partial charge in [0.05, 0.1) is 0 Å². The second-order valence-corrected chi connectivity index (χ2v) is 2.66. The van der Waals surface area contributed by atoms with Crippen molar-refractivity contribution in [1.29, 1.82) is 0 Å². The van der Waals surface area contributed by atoms with Crippen molar-refractivity contribution in [2.45, 2.75) is 19.9 Å². The van der Waals surface area contributed by atoms with Crippen LogP contribution in [0.5, 0.6) is 0 Å². The van der Waals surface area contributed by atoms with E-state index in [1.165, 1.54) is 17.4 Å². The van der Waals surface area contributed by atoms with E-state index in [0.29, 0.717) is 0 Å². The monoisotopic (exact) mass is 157 g/mol. The summed E-state index contributed by atoms with van der Waals surface area (Å²) in [6.45, 7) is 3.84. The first-order chi connectivity index (χ1) is 5.13. The van der Waals surface area contributed by atoms with E-state index in [-0.39, 0.29) is 12.0 Å². The van der Waals surface area contributed by atoms with Gasteiger partial charge in [-0.1, -0.05) is 13.8 Å². The summed E-state index contributed by atoms with van der Waals surface area (Å²) in [6, 6.07) is -0.296. The molecule has 0 radical (unpaired) electrons. The maximum absolute atomic E-state index is 10.5. The largest absolute Gasteiger partial charge is 0.403 e. The maximum atomic E-state index is 10.5. The minimum absolute atomic E-state index is 0.189. The van der Waals surface area contributed by atoms with E-state index in [0.717, 1.165) is 6.29 Å². The molecule has 0 heterocycles. The minimum Gasteiger partial charge on any atom is -0.403 e. The van der Waals surface area contributed by atoms with Gasteiger partial charge in [-0.3, -0.25) is 0 Å². The van der Waals surface area contributed by atoms with Gasteiger partial charge in [-0.05, 0) is 5.92 Å². The highest BCUT2D eigenvalue weighted by Gasteiger charge is 2.14. The highest BCUT2D eigenvalue weighted by atomic mass is 16.1. The van der Waals surface area contributed by atoms with Crippen LogP contribution < -0.4 is 11.6 Å². The van der Waals surface area contributed by atoms with E-state index in [4.69, 9.17) is 11.6 Å². The predicted octanol–water partition coefficient (Wildman–Crippen LogP) is -0.184. The van der Waals surface area contributed by atoms with Gasteiger partial charge in [-0.2, -0.15) is 0 Å². The number of hydrogen-bond acceptors (Lipinski definition) is 4. The molecule has 11 heavy (non-hydrogen) atoms. The molecule has 0 fully saturated rings. The zero-order chi connectivity index (χ0) is 8.85. The third kappa shape index (κ3) is 3.04. The molecule has 4 N–H and O–H groups in total. The molecule has 0 amide bonds. The minimum atomic E-state index is -0.296. The summed E-state index contributed by atoms with van der Waals surface area (Å²) < 4.78 is 0. The van der Waals surface area contributed by atoms with Gasteiger partial charge in [0.15, 0.2) is 0 Å². The Bertz CT molecular complexity index is 145. The molecule has 4 heteroatoms. The Hall–Kier alpha value is -1.03. The molecular weight excluding hydrogens is 142 g/mol. The van der Waals surface area contributed by atoms with Crippen LogP contribution >= 0.6 is 0 Å². The van der Waals surface area contributed by atoms with Gasteiger partial charge in [0.2, 0.25) is 0 Å². The summed E-state index contributed by atoms with van der Waals surface area (Å²) >= 11 is 0. The molecule has 0 aromatic rings. The first-order valence-electron chi connectivity index (χ1n) is 3.50. The lowest BCUT2D eigenvalue weighted by atomic mass is 10.1. The van der Waals surface area contributed by atoms with E-state index in [1.807, 2.05) is 13.8 Å². The zero-order valence-electron chi connectivity index (χ0n) is 6.90. The topological polar surface area (TPSA) is 72.3 Å². The Labute approximate surface area is 66.8 Å². The molecule has 0 aliphatic rings. The van der Waals surface area contributed by atoms with Crippen molar-refractivity contribution in [3.63, 3.8) is 0 Å². The summed E-state index contributed by atoms with van der Waals surface area (Å²) in [5, 5.41) is 1.30. The van der Waals surface area contributed by atoms with Crippen molar-refractivity contribution >= 4 is 6.29 Å². The average Bonchev–Trinajstić information content (AvgIpc) is 1.88. The van der Waals surface area contributed by atoms with E-state index in [9.17, 15) is 4.79 Å². The fourth-order valence-electron chi connectivity index (χ4n) is 0.770. The van der Waals surface area contributed by atoms with E-state index in [1.54, 1.807) is 0 Å². The van der Waals surface area contributed by atoms with Gasteiger partial charge >= 0.3 is 0 Å². The quantitative estimate of drug-likeness (QED) is 0.337. The van der Waals surface area contributed by atoms with Gasteiger partial charge in [-0.15, -0.1) is 0 Å². The Balaban J connectivity index is 4.13. The summed E-state index contributed by atoms with van der Waals surface area (Å²) in [5.74, 6) is 5.66. The lowest BCUT2D eigenvalue weighted by molar-refractivity contribution is -0.112. The summed E-state index contributed by atoms with van der Waals surface area (Å²) in [4.78, 5) is 10.5. The second-order valence-electron chi connectivity index (χ2n) is 2.66. The third-order valence-corrected chi connectivity index (χ3v) is 1.42. The number of aldehydes is 1. The Morgan fingerprint density at radius 1 is 1.45 bits per heavy atom. The molecule has 0 spiro atoms. The first-order valence-corrected chi connectivity index (χ1v) is 3.50. The van der Waals surface area contributed by atoms with Crippen LogP contribution in [0.1, 0.15) is 13.8 Å². The van der Waals surface area contributed by atoms with Crippen LogP contribution in [-0.2, 0) is 4.79 Å². The number of carbonyl (C=O) groups excluding carboxylic acids is 1. The molecule has 0 aromatic carbocycles.